The number of amides is 1. The SMILES string of the molecule is O=C(NC1CCCCC1)c1cc2c(o1)CCCC2=O. The van der Waals surface area contributed by atoms with Crippen LogP contribution in [0.5, 0.6) is 0 Å². The molecule has 0 atom stereocenters. The number of ketones is 1. The molecule has 1 aromatic heterocycles. The second-order valence-corrected chi connectivity index (χ2v) is 5.53. The Hall–Kier alpha value is -1.58. The van der Waals surface area contributed by atoms with E-state index < -0.39 is 0 Å². The van der Waals surface area contributed by atoms with Crippen LogP contribution in [0.2, 0.25) is 0 Å². The Morgan fingerprint density at radius 2 is 1.95 bits per heavy atom. The summed E-state index contributed by atoms with van der Waals surface area (Å²) in [5, 5.41) is 3.02. The van der Waals surface area contributed by atoms with Crippen LogP contribution in [0.1, 0.15) is 71.6 Å². The van der Waals surface area contributed by atoms with Gasteiger partial charge in [-0.15, -0.1) is 0 Å². The van der Waals surface area contributed by atoms with Gasteiger partial charge in [-0.1, -0.05) is 19.3 Å². The van der Waals surface area contributed by atoms with Crippen molar-refractivity contribution in [2.75, 3.05) is 0 Å². The van der Waals surface area contributed by atoms with E-state index in [9.17, 15) is 9.59 Å². The lowest BCUT2D eigenvalue weighted by molar-refractivity contribution is 0.0895. The molecule has 0 aromatic carbocycles. The molecule has 1 heterocycles. The van der Waals surface area contributed by atoms with Crippen LogP contribution in [0.15, 0.2) is 10.5 Å². The summed E-state index contributed by atoms with van der Waals surface area (Å²) >= 11 is 0. The van der Waals surface area contributed by atoms with E-state index in [2.05, 4.69) is 5.32 Å². The zero-order chi connectivity index (χ0) is 13.2. The molecule has 0 spiro atoms. The van der Waals surface area contributed by atoms with E-state index in [4.69, 9.17) is 4.42 Å². The Morgan fingerprint density at radius 3 is 2.68 bits per heavy atom. The van der Waals surface area contributed by atoms with Crippen LogP contribution < -0.4 is 5.32 Å². The smallest absolute Gasteiger partial charge is 0.287 e. The van der Waals surface area contributed by atoms with Gasteiger partial charge in [0.25, 0.3) is 5.91 Å². The van der Waals surface area contributed by atoms with Gasteiger partial charge in [-0.2, -0.15) is 0 Å². The van der Waals surface area contributed by atoms with Crippen molar-refractivity contribution in [1.82, 2.24) is 5.32 Å². The fourth-order valence-corrected chi connectivity index (χ4v) is 3.01. The first-order chi connectivity index (χ1) is 9.24. The fraction of sp³-hybridized carbons (Fsp3) is 0.600. The standard InChI is InChI=1S/C15H19NO3/c17-12-7-4-8-13-11(12)9-14(19-13)15(18)16-10-5-2-1-3-6-10/h9-10H,1-8H2,(H,16,18). The molecule has 2 aliphatic rings. The molecule has 3 rings (SSSR count). The predicted octanol–water partition coefficient (Wildman–Crippen LogP) is 2.86. The number of hydrogen-bond acceptors (Lipinski definition) is 3. The lowest BCUT2D eigenvalue weighted by atomic mass is 9.95. The summed E-state index contributed by atoms with van der Waals surface area (Å²) in [6.07, 6.45) is 7.86. The highest BCUT2D eigenvalue weighted by Gasteiger charge is 2.25. The summed E-state index contributed by atoms with van der Waals surface area (Å²) in [4.78, 5) is 23.8. The van der Waals surface area contributed by atoms with E-state index in [0.717, 1.165) is 25.7 Å². The molecule has 1 amide bonds. The molecule has 1 aromatic rings. The van der Waals surface area contributed by atoms with E-state index in [1.807, 2.05) is 0 Å². The van der Waals surface area contributed by atoms with Gasteiger partial charge in [-0.3, -0.25) is 9.59 Å². The van der Waals surface area contributed by atoms with E-state index in [1.54, 1.807) is 6.07 Å². The summed E-state index contributed by atoms with van der Waals surface area (Å²) in [6.45, 7) is 0. The number of carbonyl (C=O) groups excluding carboxylic acids is 2. The monoisotopic (exact) mass is 261 g/mol. The Labute approximate surface area is 112 Å². The van der Waals surface area contributed by atoms with Gasteiger partial charge in [0.1, 0.15) is 5.76 Å². The lowest BCUT2D eigenvalue weighted by Gasteiger charge is -2.22. The van der Waals surface area contributed by atoms with Crippen molar-refractivity contribution in [1.29, 1.82) is 0 Å². The predicted molar refractivity (Wildman–Crippen MR) is 70.3 cm³/mol. The summed E-state index contributed by atoms with van der Waals surface area (Å²) < 4.78 is 5.55. The summed E-state index contributed by atoms with van der Waals surface area (Å²) in [5.41, 5.74) is 0.611. The Balaban J connectivity index is 1.71. The zero-order valence-electron chi connectivity index (χ0n) is 11.0. The molecule has 0 unspecified atom stereocenters. The molecule has 0 aliphatic heterocycles. The molecular formula is C15H19NO3. The second kappa shape index (κ2) is 5.19. The van der Waals surface area contributed by atoms with Gasteiger partial charge in [0.05, 0.1) is 5.56 Å². The highest BCUT2D eigenvalue weighted by atomic mass is 16.4. The highest BCUT2D eigenvalue weighted by molar-refractivity contribution is 6.01. The van der Waals surface area contributed by atoms with Crippen LogP contribution >= 0.6 is 0 Å². The maximum atomic E-state index is 12.1. The van der Waals surface area contributed by atoms with Crippen molar-refractivity contribution in [2.24, 2.45) is 0 Å². The Kier molecular flexibility index (Phi) is 3.40. The number of carbonyl (C=O) groups is 2. The minimum atomic E-state index is -0.172. The molecule has 0 bridgehead atoms. The van der Waals surface area contributed by atoms with Crippen molar-refractivity contribution < 1.29 is 14.0 Å². The number of furan rings is 1. The van der Waals surface area contributed by atoms with Crippen LogP contribution in [0, 0.1) is 0 Å². The highest BCUT2D eigenvalue weighted by Crippen LogP contribution is 2.25. The molecule has 1 saturated carbocycles. The summed E-state index contributed by atoms with van der Waals surface area (Å²) in [7, 11) is 0. The van der Waals surface area contributed by atoms with E-state index in [-0.39, 0.29) is 17.7 Å². The molecule has 1 N–H and O–H groups in total. The number of nitrogens with one attached hydrogen (secondary N) is 1. The average Bonchev–Trinajstić information content (AvgIpc) is 2.85. The van der Waals surface area contributed by atoms with Gasteiger partial charge in [-0.05, 0) is 19.3 Å². The molecule has 4 nitrogen and oxygen atoms in total. The molecule has 19 heavy (non-hydrogen) atoms. The molecule has 0 radical (unpaired) electrons. The first-order valence-corrected chi connectivity index (χ1v) is 7.21. The van der Waals surface area contributed by atoms with Crippen LogP contribution in [0.25, 0.3) is 0 Å². The molecule has 1 fully saturated rings. The lowest BCUT2D eigenvalue weighted by Crippen LogP contribution is -2.35. The summed E-state index contributed by atoms with van der Waals surface area (Å²) in [6, 6.07) is 1.88. The fourth-order valence-electron chi connectivity index (χ4n) is 3.01. The van der Waals surface area contributed by atoms with Gasteiger partial charge in [0.2, 0.25) is 0 Å². The van der Waals surface area contributed by atoms with Crippen molar-refractivity contribution in [2.45, 2.75) is 57.4 Å². The minimum Gasteiger partial charge on any atom is -0.455 e. The maximum Gasteiger partial charge on any atom is 0.287 e. The molecule has 4 heteroatoms. The Morgan fingerprint density at radius 1 is 1.16 bits per heavy atom. The third kappa shape index (κ3) is 2.57. The number of rotatable bonds is 2. The van der Waals surface area contributed by atoms with Crippen molar-refractivity contribution >= 4 is 11.7 Å². The molecule has 2 aliphatic carbocycles. The number of aryl methyl sites for hydroxylation is 1. The topological polar surface area (TPSA) is 59.3 Å². The number of hydrogen-bond donors (Lipinski definition) is 1. The quantitative estimate of drug-likeness (QED) is 0.890. The molecule has 0 saturated heterocycles. The van der Waals surface area contributed by atoms with Crippen LogP contribution in [-0.2, 0) is 6.42 Å². The number of Topliss-reactive ketones (excluding diaryl/α,β-unsaturated/α-hetero) is 1. The molecular weight excluding hydrogens is 242 g/mol. The van der Waals surface area contributed by atoms with Gasteiger partial charge in [-0.25, -0.2) is 0 Å². The van der Waals surface area contributed by atoms with Crippen LogP contribution in [0.4, 0.5) is 0 Å². The van der Waals surface area contributed by atoms with Crippen molar-refractivity contribution in [3.05, 3.63) is 23.2 Å². The number of fused-ring (bicyclic) bond motifs is 1. The van der Waals surface area contributed by atoms with Gasteiger partial charge < -0.3 is 9.73 Å². The van der Waals surface area contributed by atoms with Gasteiger partial charge >= 0.3 is 0 Å². The van der Waals surface area contributed by atoms with Crippen molar-refractivity contribution in [3.63, 3.8) is 0 Å². The summed E-state index contributed by atoms with van der Waals surface area (Å²) in [5.74, 6) is 0.909. The largest absolute Gasteiger partial charge is 0.455 e. The minimum absolute atomic E-state index is 0.0988. The second-order valence-electron chi connectivity index (χ2n) is 5.53. The average molecular weight is 261 g/mol. The van der Waals surface area contributed by atoms with E-state index >= 15 is 0 Å². The van der Waals surface area contributed by atoms with Crippen molar-refractivity contribution in [3.8, 4) is 0 Å². The van der Waals surface area contributed by atoms with Gasteiger partial charge in [0, 0.05) is 24.9 Å². The maximum absolute atomic E-state index is 12.1. The first kappa shape index (κ1) is 12.5. The first-order valence-electron chi connectivity index (χ1n) is 7.21. The van der Waals surface area contributed by atoms with Crippen LogP contribution in [-0.4, -0.2) is 17.7 Å². The third-order valence-corrected chi connectivity index (χ3v) is 4.08. The normalized spacial score (nSPS) is 20.1. The zero-order valence-corrected chi connectivity index (χ0v) is 11.0. The van der Waals surface area contributed by atoms with E-state index in [0.29, 0.717) is 23.5 Å². The third-order valence-electron chi connectivity index (χ3n) is 4.08. The van der Waals surface area contributed by atoms with Gasteiger partial charge in [0.15, 0.2) is 11.5 Å². The van der Waals surface area contributed by atoms with Crippen LogP contribution in [0.3, 0.4) is 0 Å². The molecule has 102 valence electrons. The van der Waals surface area contributed by atoms with E-state index in [1.165, 1.54) is 19.3 Å². The Bertz CT molecular complexity index is 497.